The van der Waals surface area contributed by atoms with Crippen molar-refractivity contribution in [2.24, 2.45) is 5.41 Å². The molecule has 2 aliphatic heterocycles. The van der Waals surface area contributed by atoms with E-state index in [2.05, 4.69) is 57.4 Å². The van der Waals surface area contributed by atoms with Crippen molar-refractivity contribution >= 4 is 24.9 Å². The molecule has 0 N–H and O–H groups in total. The van der Waals surface area contributed by atoms with Gasteiger partial charge < -0.3 is 23.7 Å². The van der Waals surface area contributed by atoms with Crippen LogP contribution >= 0.6 is 0 Å². The summed E-state index contributed by atoms with van der Waals surface area (Å²) in [7, 11) is -1.20. The molecule has 4 heterocycles. The van der Waals surface area contributed by atoms with Crippen LogP contribution in [0.2, 0.25) is 25.7 Å². The average Bonchev–Trinajstić information content (AvgIpc) is 3.65. The molecule has 0 radical (unpaired) electrons. The summed E-state index contributed by atoms with van der Waals surface area (Å²) in [6.45, 7) is 17.6. The first-order valence-corrected chi connectivity index (χ1v) is 17.7. The van der Waals surface area contributed by atoms with Crippen LogP contribution in [0.3, 0.4) is 0 Å². The summed E-state index contributed by atoms with van der Waals surface area (Å²) in [6, 6.07) is 9.42. The van der Waals surface area contributed by atoms with Crippen LogP contribution < -0.4 is 4.90 Å². The first-order valence-electron chi connectivity index (χ1n) is 14.0. The molecule has 0 aliphatic carbocycles. The zero-order valence-corrected chi connectivity index (χ0v) is 25.2. The zero-order valence-electron chi connectivity index (χ0n) is 24.2. The van der Waals surface area contributed by atoms with E-state index in [9.17, 15) is 5.26 Å². The van der Waals surface area contributed by atoms with Gasteiger partial charge in [0.05, 0.1) is 42.3 Å². The fourth-order valence-electron chi connectivity index (χ4n) is 5.46. The van der Waals surface area contributed by atoms with Gasteiger partial charge in [0.25, 0.3) is 0 Å². The fraction of sp³-hybridized carbons (Fsp3) is 0.567. The Morgan fingerprint density at radius 3 is 2.46 bits per heavy atom. The van der Waals surface area contributed by atoms with Gasteiger partial charge in [-0.15, -0.1) is 0 Å². The summed E-state index contributed by atoms with van der Waals surface area (Å²) in [5, 5.41) is 9.76. The van der Waals surface area contributed by atoms with Crippen LogP contribution in [0.15, 0.2) is 30.6 Å². The van der Waals surface area contributed by atoms with Gasteiger partial charge in [-0.2, -0.15) is 5.26 Å². The van der Waals surface area contributed by atoms with Gasteiger partial charge in [0.15, 0.2) is 5.65 Å². The monoisotopic (exact) mass is 547 g/mol. The minimum Gasteiger partial charge on any atom is -0.371 e. The van der Waals surface area contributed by atoms with E-state index in [1.807, 2.05) is 22.9 Å². The van der Waals surface area contributed by atoms with E-state index in [4.69, 9.17) is 24.2 Å². The number of hydrogen-bond donors (Lipinski definition) is 0. The molecule has 2 fully saturated rings. The Bertz CT molecular complexity index is 1370. The summed E-state index contributed by atoms with van der Waals surface area (Å²) in [5.41, 5.74) is 5.28. The highest BCUT2D eigenvalue weighted by Gasteiger charge is 2.51. The van der Waals surface area contributed by atoms with E-state index >= 15 is 0 Å². The standard InChI is InChI=1S/C30H41N5O3Si/c1-29(2,3)30(37-11-12-38-30)25-20-35(21-36-13-14-39(4,5)6)28-27(25)33-26(19-32-28)23-15-22(18-31)16-24(17-23)34-9-7-8-10-34/h15-17,19-20H,7-14,21H2,1-6H3. The van der Waals surface area contributed by atoms with Crippen LogP contribution in [0.4, 0.5) is 5.69 Å². The first-order chi connectivity index (χ1) is 18.5. The number of benzene rings is 1. The Morgan fingerprint density at radius 1 is 1.10 bits per heavy atom. The minimum absolute atomic E-state index is 0.345. The lowest BCUT2D eigenvalue weighted by molar-refractivity contribution is -0.231. The molecule has 2 aliphatic rings. The van der Waals surface area contributed by atoms with E-state index in [1.54, 1.807) is 6.20 Å². The predicted molar refractivity (Wildman–Crippen MR) is 156 cm³/mol. The van der Waals surface area contributed by atoms with E-state index in [1.165, 1.54) is 12.8 Å². The number of anilines is 1. The SMILES string of the molecule is CC(C)(C)C1(c2cn(COCC[Si](C)(C)C)c3ncc(-c4cc(C#N)cc(N5CCCC5)c4)nc23)OCCO1. The summed E-state index contributed by atoms with van der Waals surface area (Å²) >= 11 is 0. The second-order valence-electron chi connectivity index (χ2n) is 12.9. The van der Waals surface area contributed by atoms with Gasteiger partial charge in [-0.3, -0.25) is 0 Å². The summed E-state index contributed by atoms with van der Waals surface area (Å²) < 4.78 is 20.9. The highest BCUT2D eigenvalue weighted by Crippen LogP contribution is 2.48. The summed E-state index contributed by atoms with van der Waals surface area (Å²) in [4.78, 5) is 12.4. The number of nitriles is 1. The van der Waals surface area contributed by atoms with Crippen molar-refractivity contribution in [3.8, 4) is 17.3 Å². The number of nitrogens with zero attached hydrogens (tertiary/aromatic N) is 5. The molecule has 1 aromatic carbocycles. The lowest BCUT2D eigenvalue weighted by Crippen LogP contribution is -2.41. The smallest absolute Gasteiger partial charge is 0.203 e. The van der Waals surface area contributed by atoms with Crippen molar-refractivity contribution in [3.63, 3.8) is 0 Å². The van der Waals surface area contributed by atoms with Crippen LogP contribution in [0.5, 0.6) is 0 Å². The van der Waals surface area contributed by atoms with Gasteiger partial charge in [0.2, 0.25) is 5.79 Å². The number of aromatic nitrogens is 3. The van der Waals surface area contributed by atoms with E-state index in [-0.39, 0.29) is 5.41 Å². The molecular formula is C30H41N5O3Si. The molecule has 0 saturated carbocycles. The van der Waals surface area contributed by atoms with Crippen molar-refractivity contribution < 1.29 is 14.2 Å². The Morgan fingerprint density at radius 2 is 1.82 bits per heavy atom. The second-order valence-corrected chi connectivity index (χ2v) is 18.5. The summed E-state index contributed by atoms with van der Waals surface area (Å²) in [5.74, 6) is -0.947. The molecule has 0 bridgehead atoms. The molecule has 208 valence electrons. The maximum Gasteiger partial charge on any atom is 0.203 e. The maximum atomic E-state index is 9.76. The third-order valence-electron chi connectivity index (χ3n) is 7.64. The van der Waals surface area contributed by atoms with Crippen LogP contribution in [0.25, 0.3) is 22.4 Å². The average molecular weight is 548 g/mol. The third-order valence-corrected chi connectivity index (χ3v) is 9.35. The second kappa shape index (κ2) is 10.7. The highest BCUT2D eigenvalue weighted by molar-refractivity contribution is 6.76. The minimum atomic E-state index is -1.20. The van der Waals surface area contributed by atoms with E-state index in [0.29, 0.717) is 32.1 Å². The molecule has 8 nitrogen and oxygen atoms in total. The molecule has 0 amide bonds. The molecule has 0 atom stereocenters. The van der Waals surface area contributed by atoms with Gasteiger partial charge in [-0.25, -0.2) is 9.97 Å². The molecule has 2 saturated heterocycles. The van der Waals surface area contributed by atoms with E-state index < -0.39 is 13.9 Å². The lowest BCUT2D eigenvalue weighted by Gasteiger charge is -2.39. The van der Waals surface area contributed by atoms with Gasteiger partial charge in [-0.05, 0) is 37.1 Å². The van der Waals surface area contributed by atoms with Gasteiger partial charge in [0.1, 0.15) is 12.2 Å². The van der Waals surface area contributed by atoms with Crippen molar-refractivity contribution in [2.45, 2.75) is 71.8 Å². The van der Waals surface area contributed by atoms with Crippen LogP contribution in [0, 0.1) is 16.7 Å². The van der Waals surface area contributed by atoms with Crippen LogP contribution in [-0.4, -0.2) is 55.5 Å². The fourth-order valence-corrected chi connectivity index (χ4v) is 6.21. The topological polar surface area (TPSA) is 85.4 Å². The molecule has 0 spiro atoms. The van der Waals surface area contributed by atoms with Crippen molar-refractivity contribution in [1.82, 2.24) is 14.5 Å². The zero-order chi connectivity index (χ0) is 27.8. The number of rotatable bonds is 8. The highest BCUT2D eigenvalue weighted by atomic mass is 28.3. The van der Waals surface area contributed by atoms with Gasteiger partial charge in [-0.1, -0.05) is 40.4 Å². The molecule has 2 aromatic heterocycles. The quantitative estimate of drug-likeness (QED) is 0.248. The third kappa shape index (κ3) is 5.61. The van der Waals surface area contributed by atoms with Gasteiger partial charge >= 0.3 is 0 Å². The number of ether oxygens (including phenoxy) is 3. The Labute approximate surface area is 232 Å². The van der Waals surface area contributed by atoms with Crippen molar-refractivity contribution in [2.75, 3.05) is 37.8 Å². The molecule has 0 unspecified atom stereocenters. The first kappa shape index (κ1) is 27.8. The predicted octanol–water partition coefficient (Wildman–Crippen LogP) is 6.13. The van der Waals surface area contributed by atoms with E-state index in [0.717, 1.165) is 52.8 Å². The van der Waals surface area contributed by atoms with Gasteiger partial charge in [0, 0.05) is 50.6 Å². The Balaban J connectivity index is 1.60. The molecular weight excluding hydrogens is 506 g/mol. The molecule has 5 rings (SSSR count). The number of hydrogen-bond acceptors (Lipinski definition) is 7. The Hall–Kier alpha value is -2.77. The van der Waals surface area contributed by atoms with Crippen LogP contribution in [0.1, 0.15) is 44.7 Å². The molecule has 39 heavy (non-hydrogen) atoms. The van der Waals surface area contributed by atoms with Crippen LogP contribution in [-0.2, 0) is 26.7 Å². The largest absolute Gasteiger partial charge is 0.371 e. The number of fused-ring (bicyclic) bond motifs is 1. The molecule has 3 aromatic rings. The lowest BCUT2D eigenvalue weighted by atomic mass is 9.81. The van der Waals surface area contributed by atoms with Crippen molar-refractivity contribution in [1.29, 1.82) is 5.26 Å². The normalized spacial score (nSPS) is 17.7. The maximum absolute atomic E-state index is 9.76. The summed E-state index contributed by atoms with van der Waals surface area (Å²) in [6.07, 6.45) is 6.18. The molecule has 9 heteroatoms. The Kier molecular flexibility index (Phi) is 7.59. The van der Waals surface area contributed by atoms with Crippen molar-refractivity contribution in [3.05, 3.63) is 41.7 Å².